The fraction of sp³-hybridized carbons (Fsp3) is 0.941. The van der Waals surface area contributed by atoms with Gasteiger partial charge < -0.3 is 9.64 Å². The van der Waals surface area contributed by atoms with E-state index >= 15 is 0 Å². The molecule has 1 fully saturated rings. The van der Waals surface area contributed by atoms with Crippen LogP contribution in [0.2, 0.25) is 0 Å². The standard InChI is InChI=1S/C17H33NO2/c1-5-6-12-18(16(19)13-17(2,3)4)14-20-15-10-8-7-9-11-15/h15H,5-14H2,1-4H3. The van der Waals surface area contributed by atoms with Gasteiger partial charge in [0.1, 0.15) is 6.73 Å². The van der Waals surface area contributed by atoms with E-state index in [0.29, 0.717) is 19.3 Å². The van der Waals surface area contributed by atoms with Crippen LogP contribution < -0.4 is 0 Å². The van der Waals surface area contributed by atoms with Gasteiger partial charge in [-0.3, -0.25) is 4.79 Å². The Morgan fingerprint density at radius 3 is 2.40 bits per heavy atom. The fourth-order valence-electron chi connectivity index (χ4n) is 2.60. The molecule has 0 spiro atoms. The molecule has 20 heavy (non-hydrogen) atoms. The Morgan fingerprint density at radius 1 is 1.20 bits per heavy atom. The van der Waals surface area contributed by atoms with Crippen LogP contribution in [0, 0.1) is 5.41 Å². The van der Waals surface area contributed by atoms with Gasteiger partial charge in [-0.2, -0.15) is 0 Å². The predicted octanol–water partition coefficient (Wildman–Crippen LogP) is 4.36. The average Bonchev–Trinajstić information content (AvgIpc) is 2.38. The molecule has 1 rings (SSSR count). The van der Waals surface area contributed by atoms with Crippen molar-refractivity contribution in [3.8, 4) is 0 Å². The quantitative estimate of drug-likeness (QED) is 0.650. The normalized spacial score (nSPS) is 17.2. The van der Waals surface area contributed by atoms with Gasteiger partial charge in [-0.15, -0.1) is 0 Å². The summed E-state index contributed by atoms with van der Waals surface area (Å²) in [5, 5.41) is 0. The first-order chi connectivity index (χ1) is 9.42. The molecule has 0 radical (unpaired) electrons. The van der Waals surface area contributed by atoms with Crippen molar-refractivity contribution in [3.63, 3.8) is 0 Å². The molecule has 0 saturated heterocycles. The van der Waals surface area contributed by atoms with Crippen LogP contribution in [-0.4, -0.2) is 30.2 Å². The molecular formula is C17H33NO2. The van der Waals surface area contributed by atoms with Crippen LogP contribution in [0.15, 0.2) is 0 Å². The van der Waals surface area contributed by atoms with Crippen molar-refractivity contribution >= 4 is 5.91 Å². The monoisotopic (exact) mass is 283 g/mol. The Labute approximate surface area is 125 Å². The summed E-state index contributed by atoms with van der Waals surface area (Å²) in [4.78, 5) is 14.3. The van der Waals surface area contributed by atoms with Crippen molar-refractivity contribution in [1.29, 1.82) is 0 Å². The van der Waals surface area contributed by atoms with E-state index in [0.717, 1.165) is 32.2 Å². The van der Waals surface area contributed by atoms with Crippen molar-refractivity contribution in [2.24, 2.45) is 5.41 Å². The van der Waals surface area contributed by atoms with Gasteiger partial charge in [0.25, 0.3) is 0 Å². The third-order valence-electron chi connectivity index (χ3n) is 3.83. The summed E-state index contributed by atoms with van der Waals surface area (Å²) < 4.78 is 5.98. The SMILES string of the molecule is CCCCN(COC1CCCCC1)C(=O)CC(C)(C)C. The van der Waals surface area contributed by atoms with Crippen LogP contribution in [0.5, 0.6) is 0 Å². The number of carbonyl (C=O) groups excluding carboxylic acids is 1. The number of ether oxygens (including phenoxy) is 1. The molecule has 1 aliphatic rings. The minimum Gasteiger partial charge on any atom is -0.358 e. The highest BCUT2D eigenvalue weighted by atomic mass is 16.5. The summed E-state index contributed by atoms with van der Waals surface area (Å²) in [5.41, 5.74) is 0.0480. The van der Waals surface area contributed by atoms with Gasteiger partial charge in [0.05, 0.1) is 6.10 Å². The first kappa shape index (κ1) is 17.5. The Hall–Kier alpha value is -0.570. The lowest BCUT2D eigenvalue weighted by Gasteiger charge is -2.29. The lowest BCUT2D eigenvalue weighted by Crippen LogP contribution is -2.37. The van der Waals surface area contributed by atoms with Crippen molar-refractivity contribution in [2.45, 2.75) is 85.2 Å². The summed E-state index contributed by atoms with van der Waals surface area (Å²) in [7, 11) is 0. The number of amides is 1. The molecular weight excluding hydrogens is 250 g/mol. The molecule has 1 saturated carbocycles. The van der Waals surface area contributed by atoms with E-state index in [1.165, 1.54) is 19.3 Å². The number of rotatable bonds is 7. The maximum atomic E-state index is 12.4. The third kappa shape index (κ3) is 7.28. The van der Waals surface area contributed by atoms with Crippen LogP contribution in [0.3, 0.4) is 0 Å². The molecule has 0 N–H and O–H groups in total. The summed E-state index contributed by atoms with van der Waals surface area (Å²) in [6.45, 7) is 9.83. The fourth-order valence-corrected chi connectivity index (χ4v) is 2.60. The Morgan fingerprint density at radius 2 is 1.85 bits per heavy atom. The summed E-state index contributed by atoms with van der Waals surface area (Å²) in [6.07, 6.45) is 9.35. The Kier molecular flexibility index (Phi) is 7.57. The molecule has 0 atom stereocenters. The maximum absolute atomic E-state index is 12.4. The molecule has 3 nitrogen and oxygen atoms in total. The van der Waals surface area contributed by atoms with Gasteiger partial charge >= 0.3 is 0 Å². The molecule has 0 bridgehead atoms. The third-order valence-corrected chi connectivity index (χ3v) is 3.83. The second-order valence-electron chi connectivity index (χ2n) is 7.30. The van der Waals surface area contributed by atoms with E-state index in [2.05, 4.69) is 27.7 Å². The summed E-state index contributed by atoms with van der Waals surface area (Å²) in [6, 6.07) is 0. The Bertz CT molecular complexity index is 277. The highest BCUT2D eigenvalue weighted by Gasteiger charge is 2.22. The van der Waals surface area contributed by atoms with E-state index in [9.17, 15) is 4.79 Å². The van der Waals surface area contributed by atoms with Crippen molar-refractivity contribution in [2.75, 3.05) is 13.3 Å². The number of nitrogens with zero attached hydrogens (tertiary/aromatic N) is 1. The van der Waals surface area contributed by atoms with E-state index in [1.54, 1.807) is 0 Å². The second kappa shape index (κ2) is 8.66. The molecule has 0 aromatic rings. The van der Waals surface area contributed by atoms with Gasteiger partial charge in [-0.25, -0.2) is 0 Å². The van der Waals surface area contributed by atoms with Gasteiger partial charge in [0.15, 0.2) is 0 Å². The maximum Gasteiger partial charge on any atom is 0.224 e. The van der Waals surface area contributed by atoms with Crippen molar-refractivity contribution < 1.29 is 9.53 Å². The zero-order valence-electron chi connectivity index (χ0n) is 13.9. The largest absolute Gasteiger partial charge is 0.358 e. The van der Waals surface area contributed by atoms with Crippen LogP contribution >= 0.6 is 0 Å². The Balaban J connectivity index is 2.43. The number of unbranched alkanes of at least 4 members (excludes halogenated alkanes) is 1. The van der Waals surface area contributed by atoms with Crippen LogP contribution in [0.25, 0.3) is 0 Å². The van der Waals surface area contributed by atoms with Crippen LogP contribution in [0.1, 0.15) is 79.1 Å². The van der Waals surface area contributed by atoms with E-state index in [-0.39, 0.29) is 11.3 Å². The summed E-state index contributed by atoms with van der Waals surface area (Å²) >= 11 is 0. The molecule has 0 aromatic carbocycles. The highest BCUT2D eigenvalue weighted by molar-refractivity contribution is 5.76. The first-order valence-corrected chi connectivity index (χ1v) is 8.32. The summed E-state index contributed by atoms with van der Waals surface area (Å²) in [5.74, 6) is 0.238. The van der Waals surface area contributed by atoms with Gasteiger partial charge in [0, 0.05) is 13.0 Å². The van der Waals surface area contributed by atoms with Crippen molar-refractivity contribution in [1.82, 2.24) is 4.90 Å². The molecule has 3 heteroatoms. The number of carbonyl (C=O) groups is 1. The van der Waals surface area contributed by atoms with E-state index in [1.807, 2.05) is 4.90 Å². The molecule has 1 aliphatic carbocycles. The van der Waals surface area contributed by atoms with Crippen LogP contribution in [-0.2, 0) is 9.53 Å². The topological polar surface area (TPSA) is 29.5 Å². The predicted molar refractivity (Wildman–Crippen MR) is 83.5 cm³/mol. The lowest BCUT2D eigenvalue weighted by atomic mass is 9.91. The minimum absolute atomic E-state index is 0.0480. The van der Waals surface area contributed by atoms with Crippen molar-refractivity contribution in [3.05, 3.63) is 0 Å². The van der Waals surface area contributed by atoms with Gasteiger partial charge in [0.2, 0.25) is 5.91 Å². The minimum atomic E-state index is 0.0480. The molecule has 118 valence electrons. The average molecular weight is 283 g/mol. The zero-order chi connectivity index (χ0) is 15.0. The highest BCUT2D eigenvalue weighted by Crippen LogP contribution is 2.22. The second-order valence-corrected chi connectivity index (χ2v) is 7.30. The molecule has 0 unspecified atom stereocenters. The number of hydrogen-bond donors (Lipinski definition) is 0. The zero-order valence-corrected chi connectivity index (χ0v) is 13.9. The first-order valence-electron chi connectivity index (χ1n) is 8.32. The lowest BCUT2D eigenvalue weighted by molar-refractivity contribution is -0.141. The smallest absolute Gasteiger partial charge is 0.224 e. The van der Waals surface area contributed by atoms with Gasteiger partial charge in [-0.05, 0) is 24.7 Å². The van der Waals surface area contributed by atoms with E-state index in [4.69, 9.17) is 4.74 Å². The molecule has 1 amide bonds. The number of hydrogen-bond acceptors (Lipinski definition) is 2. The van der Waals surface area contributed by atoms with E-state index < -0.39 is 0 Å². The molecule has 0 aromatic heterocycles. The van der Waals surface area contributed by atoms with Crippen LogP contribution in [0.4, 0.5) is 0 Å². The van der Waals surface area contributed by atoms with Gasteiger partial charge in [-0.1, -0.05) is 53.4 Å². The molecule has 0 heterocycles. The molecule has 0 aliphatic heterocycles.